The van der Waals surface area contributed by atoms with E-state index in [4.69, 9.17) is 9.84 Å². The number of hydrogen-bond acceptors (Lipinski definition) is 2. The zero-order valence-corrected chi connectivity index (χ0v) is 9.58. The van der Waals surface area contributed by atoms with Crippen LogP contribution in [0, 0.1) is 0 Å². The van der Waals surface area contributed by atoms with Crippen LogP contribution in [-0.2, 0) is 4.79 Å². The van der Waals surface area contributed by atoms with Crippen LogP contribution >= 0.6 is 12.4 Å². The fourth-order valence-electron chi connectivity index (χ4n) is 1.11. The summed E-state index contributed by atoms with van der Waals surface area (Å²) in [5.74, 6) is 0.0712. The van der Waals surface area contributed by atoms with E-state index in [2.05, 4.69) is 13.8 Å². The lowest BCUT2D eigenvalue weighted by molar-refractivity contribution is -0.139. The molecule has 0 saturated carbocycles. The molecule has 0 atom stereocenters. The van der Waals surface area contributed by atoms with Crippen LogP contribution in [0.4, 0.5) is 0 Å². The van der Waals surface area contributed by atoms with Gasteiger partial charge in [-0.05, 0) is 23.6 Å². The third-order valence-electron chi connectivity index (χ3n) is 1.89. The average Bonchev–Trinajstić information content (AvgIpc) is 2.15. The first-order valence-corrected chi connectivity index (χ1v) is 4.54. The second-order valence-corrected chi connectivity index (χ2v) is 3.41. The summed E-state index contributed by atoms with van der Waals surface area (Å²) >= 11 is 0. The third-order valence-corrected chi connectivity index (χ3v) is 1.89. The van der Waals surface area contributed by atoms with Gasteiger partial charge in [-0.2, -0.15) is 0 Å². The molecule has 0 saturated heterocycles. The summed E-state index contributed by atoms with van der Waals surface area (Å²) in [6.07, 6.45) is 0. The van der Waals surface area contributed by atoms with Gasteiger partial charge in [0.05, 0.1) is 0 Å². The number of ether oxygens (including phenoxy) is 1. The number of hydrogen-bond donors (Lipinski definition) is 1. The molecular weight excluding hydrogens is 216 g/mol. The number of aliphatic carboxylic acids is 1. The van der Waals surface area contributed by atoms with Crippen molar-refractivity contribution in [3.05, 3.63) is 29.8 Å². The Bertz CT molecular complexity index is 323. The monoisotopic (exact) mass is 230 g/mol. The molecule has 0 spiro atoms. The number of carbonyl (C=O) groups is 1. The Labute approximate surface area is 95.5 Å². The molecule has 15 heavy (non-hydrogen) atoms. The summed E-state index contributed by atoms with van der Waals surface area (Å²) < 4.78 is 5.06. The van der Waals surface area contributed by atoms with E-state index in [-0.39, 0.29) is 19.0 Å². The molecule has 0 aliphatic carbocycles. The molecule has 3 nitrogen and oxygen atoms in total. The normalized spacial score (nSPS) is 9.53. The molecule has 0 heterocycles. The number of carboxylic acids is 1. The number of benzene rings is 1. The Morgan fingerprint density at radius 1 is 1.47 bits per heavy atom. The quantitative estimate of drug-likeness (QED) is 0.865. The topological polar surface area (TPSA) is 46.5 Å². The maximum absolute atomic E-state index is 10.3. The van der Waals surface area contributed by atoms with Crippen molar-refractivity contribution in [2.45, 2.75) is 19.8 Å². The lowest BCUT2D eigenvalue weighted by Gasteiger charge is -2.08. The predicted octanol–water partition coefficient (Wildman–Crippen LogP) is 2.70. The van der Waals surface area contributed by atoms with Crippen molar-refractivity contribution in [2.24, 2.45) is 0 Å². The van der Waals surface area contributed by atoms with Crippen molar-refractivity contribution in [1.29, 1.82) is 0 Å². The number of rotatable bonds is 4. The van der Waals surface area contributed by atoms with Crippen LogP contribution in [0.25, 0.3) is 0 Å². The maximum Gasteiger partial charge on any atom is 0.341 e. The molecule has 84 valence electrons. The highest BCUT2D eigenvalue weighted by Crippen LogP contribution is 2.19. The van der Waals surface area contributed by atoms with Gasteiger partial charge in [-0.3, -0.25) is 0 Å². The van der Waals surface area contributed by atoms with Crippen LogP contribution in [0.1, 0.15) is 25.3 Å². The lowest BCUT2D eigenvalue weighted by atomic mass is 10.0. The van der Waals surface area contributed by atoms with Crippen molar-refractivity contribution < 1.29 is 14.6 Å². The Balaban J connectivity index is 0.00000196. The molecule has 0 aromatic heterocycles. The molecule has 0 amide bonds. The van der Waals surface area contributed by atoms with Gasteiger partial charge < -0.3 is 9.84 Å². The van der Waals surface area contributed by atoms with Gasteiger partial charge in [-0.1, -0.05) is 26.0 Å². The zero-order valence-electron chi connectivity index (χ0n) is 8.77. The fraction of sp³-hybridized carbons (Fsp3) is 0.364. The summed E-state index contributed by atoms with van der Waals surface area (Å²) in [6.45, 7) is 3.87. The smallest absolute Gasteiger partial charge is 0.341 e. The van der Waals surface area contributed by atoms with Gasteiger partial charge >= 0.3 is 5.97 Å². The Morgan fingerprint density at radius 3 is 2.67 bits per heavy atom. The standard InChI is InChI=1S/C11H14O3.ClH/c1-8(2)9-4-3-5-10(6-9)14-7-11(12)13;/h3-6,8H,7H2,1-2H3,(H,12,13);1H. The first kappa shape index (κ1) is 13.8. The highest BCUT2D eigenvalue weighted by atomic mass is 35.5. The zero-order chi connectivity index (χ0) is 10.6. The summed E-state index contributed by atoms with van der Waals surface area (Å²) in [4.78, 5) is 10.3. The Morgan fingerprint density at radius 2 is 2.13 bits per heavy atom. The Kier molecular flexibility index (Phi) is 5.79. The molecule has 1 aromatic carbocycles. The predicted molar refractivity (Wildman–Crippen MR) is 60.9 cm³/mol. The highest BCUT2D eigenvalue weighted by molar-refractivity contribution is 5.85. The van der Waals surface area contributed by atoms with E-state index in [1.807, 2.05) is 18.2 Å². The van der Waals surface area contributed by atoms with Crippen molar-refractivity contribution in [2.75, 3.05) is 6.61 Å². The Hall–Kier alpha value is -1.22. The van der Waals surface area contributed by atoms with Gasteiger partial charge in [-0.15, -0.1) is 12.4 Å². The van der Waals surface area contributed by atoms with Crippen LogP contribution in [0.3, 0.4) is 0 Å². The van der Waals surface area contributed by atoms with E-state index in [0.29, 0.717) is 11.7 Å². The molecule has 1 rings (SSSR count). The SMILES string of the molecule is CC(C)c1cccc(OCC(=O)O)c1.Cl. The minimum Gasteiger partial charge on any atom is -0.482 e. The second-order valence-electron chi connectivity index (χ2n) is 3.41. The van der Waals surface area contributed by atoms with Crippen molar-refractivity contribution in [3.63, 3.8) is 0 Å². The molecule has 0 aliphatic rings. The molecule has 0 fully saturated rings. The minimum absolute atomic E-state index is 0. The average molecular weight is 231 g/mol. The number of carboxylic acid groups (broad SMARTS) is 1. The van der Waals surface area contributed by atoms with Crippen molar-refractivity contribution >= 4 is 18.4 Å². The van der Waals surface area contributed by atoms with Crippen molar-refractivity contribution in [1.82, 2.24) is 0 Å². The lowest BCUT2D eigenvalue weighted by Crippen LogP contribution is -2.09. The van der Waals surface area contributed by atoms with Gasteiger partial charge in [0.25, 0.3) is 0 Å². The van der Waals surface area contributed by atoms with Crippen LogP contribution in [0.5, 0.6) is 5.75 Å². The molecule has 0 aliphatic heterocycles. The van der Waals surface area contributed by atoms with Gasteiger partial charge in [-0.25, -0.2) is 4.79 Å². The van der Waals surface area contributed by atoms with E-state index in [0.717, 1.165) is 5.56 Å². The third kappa shape index (κ3) is 4.70. The van der Waals surface area contributed by atoms with E-state index >= 15 is 0 Å². The molecule has 0 bridgehead atoms. The van der Waals surface area contributed by atoms with Gasteiger partial charge in [0.1, 0.15) is 5.75 Å². The molecule has 0 unspecified atom stereocenters. The van der Waals surface area contributed by atoms with E-state index in [1.165, 1.54) is 0 Å². The second kappa shape index (κ2) is 6.30. The summed E-state index contributed by atoms with van der Waals surface area (Å²) in [6, 6.07) is 7.49. The van der Waals surface area contributed by atoms with Crippen molar-refractivity contribution in [3.8, 4) is 5.75 Å². The highest BCUT2D eigenvalue weighted by Gasteiger charge is 2.02. The van der Waals surface area contributed by atoms with Crippen LogP contribution < -0.4 is 4.74 Å². The van der Waals surface area contributed by atoms with E-state index < -0.39 is 5.97 Å². The van der Waals surface area contributed by atoms with Gasteiger partial charge in [0.2, 0.25) is 0 Å². The van der Waals surface area contributed by atoms with Crippen LogP contribution in [-0.4, -0.2) is 17.7 Å². The summed E-state index contributed by atoms with van der Waals surface area (Å²) in [5, 5.41) is 8.43. The molecule has 4 heteroatoms. The van der Waals surface area contributed by atoms with E-state index in [9.17, 15) is 4.79 Å². The first-order chi connectivity index (χ1) is 6.59. The molecular formula is C11H15ClO3. The molecule has 0 radical (unpaired) electrons. The summed E-state index contributed by atoms with van der Waals surface area (Å²) in [7, 11) is 0. The molecule has 1 aromatic rings. The molecule has 1 N–H and O–H groups in total. The van der Waals surface area contributed by atoms with Gasteiger partial charge in [0, 0.05) is 0 Å². The largest absolute Gasteiger partial charge is 0.482 e. The van der Waals surface area contributed by atoms with Crippen LogP contribution in [0.15, 0.2) is 24.3 Å². The minimum atomic E-state index is -0.958. The maximum atomic E-state index is 10.3. The van der Waals surface area contributed by atoms with Crippen LogP contribution in [0.2, 0.25) is 0 Å². The first-order valence-electron chi connectivity index (χ1n) is 4.54. The van der Waals surface area contributed by atoms with E-state index in [1.54, 1.807) is 6.07 Å². The fourth-order valence-corrected chi connectivity index (χ4v) is 1.11. The summed E-state index contributed by atoms with van der Waals surface area (Å²) in [5.41, 5.74) is 1.15. The van der Waals surface area contributed by atoms with Gasteiger partial charge in [0.15, 0.2) is 6.61 Å². The number of halogens is 1.